The summed E-state index contributed by atoms with van der Waals surface area (Å²) in [6.45, 7) is 1.98. The van der Waals surface area contributed by atoms with Crippen LogP contribution in [-0.2, 0) is 4.79 Å². The molecular formula is C26H20N4O3S3. The van der Waals surface area contributed by atoms with Crippen molar-refractivity contribution in [1.29, 1.82) is 0 Å². The van der Waals surface area contributed by atoms with Gasteiger partial charge >= 0.3 is 0 Å². The van der Waals surface area contributed by atoms with Crippen LogP contribution in [-0.4, -0.2) is 35.3 Å². The van der Waals surface area contributed by atoms with E-state index in [1.165, 1.54) is 11.8 Å². The lowest BCUT2D eigenvalue weighted by Crippen LogP contribution is -2.29. The molecule has 6 rings (SSSR count). The molecule has 0 atom stereocenters. The van der Waals surface area contributed by atoms with Crippen molar-refractivity contribution in [2.75, 3.05) is 24.0 Å². The molecule has 0 spiro atoms. The van der Waals surface area contributed by atoms with Gasteiger partial charge in [-0.05, 0) is 73.3 Å². The van der Waals surface area contributed by atoms with E-state index in [-0.39, 0.29) is 11.7 Å². The normalized spacial score (nSPS) is 18.5. The fourth-order valence-electron chi connectivity index (χ4n) is 4.07. The molecule has 10 heteroatoms. The van der Waals surface area contributed by atoms with Crippen LogP contribution in [0, 0.1) is 6.92 Å². The van der Waals surface area contributed by atoms with Crippen LogP contribution in [0.5, 0.6) is 11.5 Å². The Labute approximate surface area is 220 Å². The average Bonchev–Trinajstić information content (AvgIpc) is 3.51. The van der Waals surface area contributed by atoms with Crippen LogP contribution in [0.25, 0.3) is 10.2 Å². The first-order valence-corrected chi connectivity index (χ1v) is 13.5. The number of anilines is 2. The number of aromatic hydroxyl groups is 1. The lowest BCUT2D eigenvalue weighted by Gasteiger charge is -2.17. The van der Waals surface area contributed by atoms with Crippen molar-refractivity contribution in [1.82, 2.24) is 4.98 Å². The minimum Gasteiger partial charge on any atom is -0.508 e. The molecule has 0 radical (unpaired) electrons. The second kappa shape index (κ2) is 8.88. The predicted octanol–water partition coefficient (Wildman–Crippen LogP) is 6.50. The monoisotopic (exact) mass is 532 g/mol. The van der Waals surface area contributed by atoms with Gasteiger partial charge in [-0.15, -0.1) is 11.3 Å². The first kappa shape index (κ1) is 23.0. The summed E-state index contributed by atoms with van der Waals surface area (Å²) >= 11 is 4.52. The number of aliphatic imine (C=N–C) groups is 1. The molecule has 1 N–H and O–H groups in total. The number of hydrogen-bond acceptors (Lipinski definition) is 9. The number of carbonyl (C=O) groups is 1. The van der Waals surface area contributed by atoms with E-state index >= 15 is 0 Å². The van der Waals surface area contributed by atoms with E-state index in [0.717, 1.165) is 42.3 Å². The molecule has 1 fully saturated rings. The number of benzene rings is 3. The quantitative estimate of drug-likeness (QED) is 0.302. The zero-order chi connectivity index (χ0) is 25.0. The van der Waals surface area contributed by atoms with Gasteiger partial charge in [0, 0.05) is 18.0 Å². The van der Waals surface area contributed by atoms with Gasteiger partial charge in [0.2, 0.25) is 0 Å². The largest absolute Gasteiger partial charge is 0.508 e. The topological polar surface area (TPSA) is 78.3 Å². The maximum atomic E-state index is 13.8. The number of phenolic OH excluding ortho intramolecular Hbond substituents is 1. The Bertz CT molecular complexity index is 1590. The second-order valence-electron chi connectivity index (χ2n) is 8.17. The lowest BCUT2D eigenvalue weighted by atomic mass is 10.2. The van der Waals surface area contributed by atoms with Crippen molar-refractivity contribution in [3.63, 3.8) is 0 Å². The van der Waals surface area contributed by atoms with Crippen molar-refractivity contribution < 1.29 is 14.6 Å². The minimum absolute atomic E-state index is 0.136. The maximum absolute atomic E-state index is 13.8. The number of thioether (sulfide) groups is 2. The number of aryl methyl sites for hydroxylation is 1. The number of fused-ring (bicyclic) bond motifs is 2. The third kappa shape index (κ3) is 3.91. The van der Waals surface area contributed by atoms with Crippen molar-refractivity contribution in [2.45, 2.75) is 11.8 Å². The molecule has 36 heavy (non-hydrogen) atoms. The Balaban J connectivity index is 1.45. The third-order valence-electron chi connectivity index (χ3n) is 5.83. The number of ether oxygens (including phenoxy) is 1. The van der Waals surface area contributed by atoms with E-state index in [9.17, 15) is 9.90 Å². The van der Waals surface area contributed by atoms with Gasteiger partial charge in [-0.25, -0.2) is 9.98 Å². The van der Waals surface area contributed by atoms with Crippen molar-refractivity contribution >= 4 is 73.2 Å². The number of rotatable bonds is 3. The summed E-state index contributed by atoms with van der Waals surface area (Å²) < 4.78 is 6.44. The van der Waals surface area contributed by atoms with E-state index in [1.54, 1.807) is 59.4 Å². The Morgan fingerprint density at radius 2 is 1.83 bits per heavy atom. The summed E-state index contributed by atoms with van der Waals surface area (Å²) in [6, 6.07) is 18.3. The molecule has 2 aliphatic heterocycles. The van der Waals surface area contributed by atoms with Crippen LogP contribution in [0.3, 0.4) is 0 Å². The molecule has 4 aromatic rings. The molecule has 0 unspecified atom stereocenters. The molecule has 2 aliphatic rings. The number of aromatic nitrogens is 1. The second-order valence-corrected chi connectivity index (χ2v) is 11.4. The van der Waals surface area contributed by atoms with Crippen molar-refractivity contribution in [3.8, 4) is 11.5 Å². The number of amidine groups is 1. The fourth-order valence-corrected chi connectivity index (χ4v) is 7.25. The van der Waals surface area contributed by atoms with Crippen LogP contribution < -0.4 is 14.5 Å². The van der Waals surface area contributed by atoms with Crippen LogP contribution in [0.2, 0.25) is 0 Å². The minimum atomic E-state index is -0.159. The Kier molecular flexibility index (Phi) is 5.66. The van der Waals surface area contributed by atoms with Crippen LogP contribution >= 0.6 is 34.9 Å². The average molecular weight is 533 g/mol. The van der Waals surface area contributed by atoms with Gasteiger partial charge in [0.15, 0.2) is 5.17 Å². The van der Waals surface area contributed by atoms with Crippen molar-refractivity contribution in [2.24, 2.45) is 4.99 Å². The summed E-state index contributed by atoms with van der Waals surface area (Å²) in [5, 5.41) is 12.2. The van der Waals surface area contributed by atoms with Gasteiger partial charge in [0.05, 0.1) is 44.4 Å². The smallest absolute Gasteiger partial charge is 0.274 e. The molecule has 1 saturated heterocycles. The SMILES string of the molecule is COc1ccc2c(c1)N(C)C(=C1SC(=Nc3ccc4nc(C)sc4c3)N(c3ccc(O)cc3)C1=O)S2. The fraction of sp³-hybridized carbons (Fsp3) is 0.115. The van der Waals surface area contributed by atoms with E-state index in [0.29, 0.717) is 15.8 Å². The summed E-state index contributed by atoms with van der Waals surface area (Å²) in [7, 11) is 3.59. The molecule has 7 nitrogen and oxygen atoms in total. The number of amides is 1. The molecule has 0 aliphatic carbocycles. The highest BCUT2D eigenvalue weighted by Crippen LogP contribution is 2.51. The maximum Gasteiger partial charge on any atom is 0.274 e. The summed E-state index contributed by atoms with van der Waals surface area (Å²) in [4.78, 5) is 28.5. The summed E-state index contributed by atoms with van der Waals surface area (Å²) in [5.74, 6) is 0.740. The van der Waals surface area contributed by atoms with E-state index < -0.39 is 0 Å². The standard InChI is InChI=1S/C26H20N4O3S3/c1-14-27-19-10-4-15(12-22(19)34-14)28-26-30(16-5-7-17(31)8-6-16)24(32)23(36-26)25-29(2)20-13-18(33-3)9-11-21(20)35-25/h4-13,31H,1-3H3. The number of methoxy groups -OCH3 is 1. The van der Waals surface area contributed by atoms with Crippen LogP contribution in [0.1, 0.15) is 5.01 Å². The zero-order valence-corrected chi connectivity index (χ0v) is 22.0. The Morgan fingerprint density at radius 1 is 1.03 bits per heavy atom. The molecule has 0 saturated carbocycles. The number of hydrogen-bond donors (Lipinski definition) is 1. The third-order valence-corrected chi connectivity index (χ3v) is 9.15. The predicted molar refractivity (Wildman–Crippen MR) is 149 cm³/mol. The molecular weight excluding hydrogens is 513 g/mol. The summed E-state index contributed by atoms with van der Waals surface area (Å²) in [5.41, 5.74) is 3.31. The number of phenols is 1. The zero-order valence-electron chi connectivity index (χ0n) is 19.6. The van der Waals surface area contributed by atoms with Gasteiger partial charge in [0.1, 0.15) is 16.4 Å². The van der Waals surface area contributed by atoms with Gasteiger partial charge in [-0.2, -0.15) is 0 Å². The van der Waals surface area contributed by atoms with E-state index in [4.69, 9.17) is 9.73 Å². The first-order valence-electron chi connectivity index (χ1n) is 11.0. The van der Waals surface area contributed by atoms with Crippen LogP contribution in [0.15, 0.2) is 80.5 Å². The molecule has 3 heterocycles. The van der Waals surface area contributed by atoms with Gasteiger partial charge in [-0.3, -0.25) is 9.69 Å². The molecule has 1 amide bonds. The van der Waals surface area contributed by atoms with Crippen molar-refractivity contribution in [3.05, 3.63) is 75.6 Å². The van der Waals surface area contributed by atoms with Crippen LogP contribution in [0.4, 0.5) is 17.1 Å². The Hall–Kier alpha value is -3.47. The number of nitrogens with zero attached hydrogens (tertiary/aromatic N) is 4. The summed E-state index contributed by atoms with van der Waals surface area (Å²) in [6.07, 6.45) is 0. The van der Waals surface area contributed by atoms with E-state index in [1.807, 2.05) is 55.3 Å². The molecule has 180 valence electrons. The molecule has 3 aromatic carbocycles. The highest BCUT2D eigenvalue weighted by atomic mass is 32.2. The first-order chi connectivity index (χ1) is 17.4. The number of thiazole rings is 1. The van der Waals surface area contributed by atoms with Gasteiger partial charge < -0.3 is 14.7 Å². The Morgan fingerprint density at radius 3 is 2.61 bits per heavy atom. The van der Waals surface area contributed by atoms with Gasteiger partial charge in [-0.1, -0.05) is 11.8 Å². The van der Waals surface area contributed by atoms with Gasteiger partial charge in [0.25, 0.3) is 5.91 Å². The van der Waals surface area contributed by atoms with E-state index in [2.05, 4.69) is 4.98 Å². The molecule has 1 aromatic heterocycles. The highest BCUT2D eigenvalue weighted by Gasteiger charge is 2.40. The lowest BCUT2D eigenvalue weighted by molar-refractivity contribution is -0.113. The molecule has 0 bridgehead atoms. The number of carbonyl (C=O) groups excluding carboxylic acids is 1. The highest BCUT2D eigenvalue weighted by molar-refractivity contribution is 8.20.